The third-order valence-electron chi connectivity index (χ3n) is 4.54. The van der Waals surface area contributed by atoms with Crippen LogP contribution in [0.3, 0.4) is 0 Å². The molecule has 1 fully saturated rings. The molecule has 8 heteroatoms. The lowest BCUT2D eigenvalue weighted by Crippen LogP contribution is -2.39. The van der Waals surface area contributed by atoms with E-state index in [1.165, 1.54) is 28.8 Å². The molecule has 7 nitrogen and oxygen atoms in total. The molecule has 0 saturated carbocycles. The van der Waals surface area contributed by atoms with Gasteiger partial charge in [0.15, 0.2) is 0 Å². The Morgan fingerprint density at radius 3 is 2.73 bits per heavy atom. The van der Waals surface area contributed by atoms with Crippen molar-refractivity contribution in [2.75, 3.05) is 20.6 Å². The predicted octanol–water partition coefficient (Wildman–Crippen LogP) is 2.39. The first-order chi connectivity index (χ1) is 12.3. The fourth-order valence-corrected chi connectivity index (χ4v) is 4.51. The minimum Gasteiger partial charge on any atom is -0.478 e. The summed E-state index contributed by atoms with van der Waals surface area (Å²) in [5.41, 5.74) is 2.36. The second-order valence-electron chi connectivity index (χ2n) is 6.42. The van der Waals surface area contributed by atoms with Crippen molar-refractivity contribution in [1.82, 2.24) is 13.6 Å². The second-order valence-corrected chi connectivity index (χ2v) is 8.51. The molecule has 1 N–H and O–H groups in total. The summed E-state index contributed by atoms with van der Waals surface area (Å²) in [6.07, 6.45) is 3.17. The summed E-state index contributed by atoms with van der Waals surface area (Å²) < 4.78 is 27.9. The van der Waals surface area contributed by atoms with E-state index < -0.39 is 16.2 Å². The molecular formula is C18H21N3O4S. The van der Waals surface area contributed by atoms with E-state index in [-0.39, 0.29) is 11.6 Å². The summed E-state index contributed by atoms with van der Waals surface area (Å²) in [7, 11) is -0.445. The van der Waals surface area contributed by atoms with Crippen molar-refractivity contribution in [3.63, 3.8) is 0 Å². The fourth-order valence-electron chi connectivity index (χ4n) is 3.18. The van der Waals surface area contributed by atoms with E-state index in [9.17, 15) is 13.2 Å². The molecule has 1 aromatic heterocycles. The number of aromatic nitrogens is 1. The van der Waals surface area contributed by atoms with Crippen LogP contribution in [0.2, 0.25) is 0 Å². The minimum atomic E-state index is -3.50. The Hall–Kier alpha value is -2.29. The molecule has 0 unspecified atom stereocenters. The maximum absolute atomic E-state index is 12.6. The average molecular weight is 375 g/mol. The van der Waals surface area contributed by atoms with Gasteiger partial charge in [-0.25, -0.2) is 4.79 Å². The maximum atomic E-state index is 12.6. The third kappa shape index (κ3) is 3.48. The van der Waals surface area contributed by atoms with Gasteiger partial charge in [0, 0.05) is 32.4 Å². The monoisotopic (exact) mass is 375 g/mol. The van der Waals surface area contributed by atoms with Gasteiger partial charge < -0.3 is 5.11 Å². The van der Waals surface area contributed by atoms with E-state index in [0.29, 0.717) is 17.8 Å². The van der Waals surface area contributed by atoms with E-state index in [1.807, 2.05) is 12.1 Å². The van der Waals surface area contributed by atoms with Crippen LogP contribution >= 0.6 is 0 Å². The number of carbonyl (C=O) groups is 1. The standard InChI is InChI=1S/C18H21N3O4S/c1-20(2)26(24,25)21-10-4-7-17(21)14-8-9-19-16(12-14)13-5-3-6-15(11-13)18(22)23/h3,5-6,8-9,11-12,17H,4,7,10H2,1-2H3,(H,22,23)/t17-/m0/s1. The van der Waals surface area contributed by atoms with E-state index in [0.717, 1.165) is 18.4 Å². The van der Waals surface area contributed by atoms with Gasteiger partial charge in [0.25, 0.3) is 10.2 Å². The quantitative estimate of drug-likeness (QED) is 0.866. The highest BCUT2D eigenvalue weighted by Gasteiger charge is 2.36. The van der Waals surface area contributed by atoms with Crippen LogP contribution in [0.15, 0.2) is 42.6 Å². The first-order valence-electron chi connectivity index (χ1n) is 8.29. The zero-order valence-corrected chi connectivity index (χ0v) is 15.5. The molecule has 0 aliphatic carbocycles. The number of benzene rings is 1. The van der Waals surface area contributed by atoms with Crippen molar-refractivity contribution in [3.8, 4) is 11.3 Å². The van der Waals surface area contributed by atoms with Crippen LogP contribution in [0.5, 0.6) is 0 Å². The van der Waals surface area contributed by atoms with Crippen molar-refractivity contribution in [2.45, 2.75) is 18.9 Å². The zero-order chi connectivity index (χ0) is 18.9. The molecule has 0 amide bonds. The maximum Gasteiger partial charge on any atom is 0.335 e. The van der Waals surface area contributed by atoms with Crippen LogP contribution in [-0.4, -0.2) is 53.7 Å². The number of carboxylic acids is 1. The van der Waals surface area contributed by atoms with Gasteiger partial charge in [-0.2, -0.15) is 17.0 Å². The molecule has 1 aliphatic rings. The molecule has 0 spiro atoms. The van der Waals surface area contributed by atoms with E-state index in [1.54, 1.807) is 24.4 Å². The molecule has 1 atom stereocenters. The summed E-state index contributed by atoms with van der Waals surface area (Å²) in [5.74, 6) is -0.998. The predicted molar refractivity (Wildman–Crippen MR) is 97.9 cm³/mol. The highest BCUT2D eigenvalue weighted by atomic mass is 32.2. The smallest absolute Gasteiger partial charge is 0.335 e. The zero-order valence-electron chi connectivity index (χ0n) is 14.7. The molecule has 3 rings (SSSR count). The Morgan fingerprint density at radius 2 is 2.04 bits per heavy atom. The summed E-state index contributed by atoms with van der Waals surface area (Å²) in [4.78, 5) is 15.5. The number of rotatable bonds is 5. The number of hydrogen-bond donors (Lipinski definition) is 1. The number of aromatic carboxylic acids is 1. The largest absolute Gasteiger partial charge is 0.478 e. The Labute approximate surface area is 153 Å². The van der Waals surface area contributed by atoms with E-state index in [4.69, 9.17) is 5.11 Å². The van der Waals surface area contributed by atoms with Crippen molar-refractivity contribution in [3.05, 3.63) is 53.7 Å². The molecular weight excluding hydrogens is 354 g/mol. The molecule has 0 radical (unpaired) electrons. The summed E-state index contributed by atoms with van der Waals surface area (Å²) >= 11 is 0. The molecule has 0 bridgehead atoms. The van der Waals surface area contributed by atoms with E-state index >= 15 is 0 Å². The van der Waals surface area contributed by atoms with Crippen LogP contribution in [0.1, 0.15) is 34.8 Å². The summed E-state index contributed by atoms with van der Waals surface area (Å²) in [6, 6.07) is 9.97. The van der Waals surface area contributed by atoms with Crippen LogP contribution in [-0.2, 0) is 10.2 Å². The summed E-state index contributed by atoms with van der Waals surface area (Å²) in [6.45, 7) is 0.483. The van der Waals surface area contributed by atoms with Gasteiger partial charge >= 0.3 is 5.97 Å². The molecule has 1 aromatic carbocycles. The normalized spacial score (nSPS) is 18.3. The Bertz CT molecular complexity index is 928. The first-order valence-corrected chi connectivity index (χ1v) is 9.69. The number of hydrogen-bond acceptors (Lipinski definition) is 4. The first kappa shape index (κ1) is 18.5. The molecule has 1 saturated heterocycles. The molecule has 138 valence electrons. The Balaban J connectivity index is 1.97. The Morgan fingerprint density at radius 1 is 1.27 bits per heavy atom. The van der Waals surface area contributed by atoms with Gasteiger partial charge in [-0.05, 0) is 42.7 Å². The molecule has 1 aliphatic heterocycles. The van der Waals surface area contributed by atoms with Crippen LogP contribution in [0, 0.1) is 0 Å². The topological polar surface area (TPSA) is 90.8 Å². The van der Waals surface area contributed by atoms with Gasteiger partial charge in [-0.3, -0.25) is 4.98 Å². The van der Waals surface area contributed by atoms with Gasteiger partial charge in [0.2, 0.25) is 0 Å². The van der Waals surface area contributed by atoms with Gasteiger partial charge in [-0.1, -0.05) is 12.1 Å². The molecule has 26 heavy (non-hydrogen) atoms. The lowest BCUT2D eigenvalue weighted by Gasteiger charge is -2.27. The average Bonchev–Trinajstić information content (AvgIpc) is 3.12. The van der Waals surface area contributed by atoms with E-state index in [2.05, 4.69) is 4.98 Å². The summed E-state index contributed by atoms with van der Waals surface area (Å²) in [5, 5.41) is 9.16. The highest BCUT2D eigenvalue weighted by molar-refractivity contribution is 7.86. The van der Waals surface area contributed by atoms with Crippen molar-refractivity contribution in [1.29, 1.82) is 0 Å². The number of pyridine rings is 1. The van der Waals surface area contributed by atoms with Crippen LogP contribution in [0.25, 0.3) is 11.3 Å². The SMILES string of the molecule is CN(C)S(=O)(=O)N1CCC[C@H]1c1ccnc(-c2cccc(C(=O)O)c2)c1. The van der Waals surface area contributed by atoms with Crippen molar-refractivity contribution < 1.29 is 18.3 Å². The molecule has 2 aromatic rings. The van der Waals surface area contributed by atoms with Crippen LogP contribution in [0.4, 0.5) is 0 Å². The molecule has 2 heterocycles. The minimum absolute atomic E-state index is 0.187. The highest BCUT2D eigenvalue weighted by Crippen LogP contribution is 2.35. The van der Waals surface area contributed by atoms with Gasteiger partial charge in [-0.15, -0.1) is 0 Å². The fraction of sp³-hybridized carbons (Fsp3) is 0.333. The van der Waals surface area contributed by atoms with Crippen molar-refractivity contribution in [2.24, 2.45) is 0 Å². The van der Waals surface area contributed by atoms with Crippen molar-refractivity contribution >= 4 is 16.2 Å². The number of nitrogens with zero attached hydrogens (tertiary/aromatic N) is 3. The van der Waals surface area contributed by atoms with Gasteiger partial charge in [0.1, 0.15) is 0 Å². The lowest BCUT2D eigenvalue weighted by atomic mass is 10.0. The Kier molecular flexibility index (Phi) is 5.08. The number of carboxylic acid groups (broad SMARTS) is 1. The second kappa shape index (κ2) is 7.14. The van der Waals surface area contributed by atoms with Crippen LogP contribution < -0.4 is 0 Å². The third-order valence-corrected chi connectivity index (χ3v) is 6.49. The lowest BCUT2D eigenvalue weighted by molar-refractivity contribution is 0.0697. The van der Waals surface area contributed by atoms with Gasteiger partial charge in [0.05, 0.1) is 17.3 Å².